The molecule has 0 saturated carbocycles. The molecule has 0 radical (unpaired) electrons. The first-order chi connectivity index (χ1) is 8.24. The topological polar surface area (TPSA) is 64.9 Å². The number of benzene rings is 1. The molecular weight excluding hydrogens is 214 g/mol. The maximum atomic E-state index is 5.80. The maximum absolute atomic E-state index is 5.80. The van der Waals surface area contributed by atoms with E-state index in [4.69, 9.17) is 10.2 Å². The Morgan fingerprint density at radius 1 is 1.12 bits per heavy atom. The first-order valence-electron chi connectivity index (χ1n) is 5.32. The van der Waals surface area contributed by atoms with Crippen LogP contribution in [0.15, 0.2) is 40.9 Å². The van der Waals surface area contributed by atoms with Gasteiger partial charge < -0.3 is 10.2 Å². The Kier molecular flexibility index (Phi) is 2.08. The minimum absolute atomic E-state index is 0.542. The molecule has 0 aliphatic rings. The molecule has 0 unspecified atom stereocenters. The van der Waals surface area contributed by atoms with Gasteiger partial charge in [-0.2, -0.15) is 4.98 Å². The highest BCUT2D eigenvalue weighted by molar-refractivity contribution is 5.83. The van der Waals surface area contributed by atoms with E-state index in [-0.39, 0.29) is 0 Å². The summed E-state index contributed by atoms with van der Waals surface area (Å²) in [6, 6.07) is 9.67. The summed E-state index contributed by atoms with van der Waals surface area (Å²) in [6.07, 6.45) is 1.62. The number of nitrogens with zero attached hydrogens (tertiary/aromatic N) is 2. The van der Waals surface area contributed by atoms with E-state index < -0.39 is 0 Å². The highest BCUT2D eigenvalue weighted by Gasteiger charge is 2.10. The number of aryl methyl sites for hydroxylation is 1. The fraction of sp³-hybridized carbons (Fsp3) is 0.0769. The average molecular weight is 225 g/mol. The van der Waals surface area contributed by atoms with E-state index in [2.05, 4.69) is 9.97 Å². The molecule has 3 aromatic rings. The van der Waals surface area contributed by atoms with Crippen LogP contribution in [0.5, 0.6) is 0 Å². The van der Waals surface area contributed by atoms with Crippen molar-refractivity contribution in [3.63, 3.8) is 0 Å². The molecule has 0 aliphatic carbocycles. The van der Waals surface area contributed by atoms with Crippen molar-refractivity contribution in [2.24, 2.45) is 0 Å². The zero-order valence-corrected chi connectivity index (χ0v) is 9.34. The van der Waals surface area contributed by atoms with Crippen LogP contribution in [-0.4, -0.2) is 9.97 Å². The molecule has 0 spiro atoms. The first kappa shape index (κ1) is 9.84. The number of hydrogen-bond donors (Lipinski definition) is 1. The molecular formula is C13H11N3O. The van der Waals surface area contributed by atoms with Gasteiger partial charge in [0.2, 0.25) is 11.5 Å². The van der Waals surface area contributed by atoms with Crippen LogP contribution >= 0.6 is 0 Å². The third-order valence-electron chi connectivity index (χ3n) is 2.62. The van der Waals surface area contributed by atoms with Crippen LogP contribution in [0.4, 0.5) is 5.69 Å². The maximum Gasteiger partial charge on any atom is 0.228 e. The van der Waals surface area contributed by atoms with E-state index in [1.807, 2.05) is 31.2 Å². The molecule has 4 heteroatoms. The summed E-state index contributed by atoms with van der Waals surface area (Å²) in [6.45, 7) is 2.04. The zero-order chi connectivity index (χ0) is 11.8. The number of pyridine rings is 1. The summed E-state index contributed by atoms with van der Waals surface area (Å²) in [5, 5.41) is 0. The average Bonchev–Trinajstić information content (AvgIpc) is 2.75. The lowest BCUT2D eigenvalue weighted by molar-refractivity contribution is 0.621. The highest BCUT2D eigenvalue weighted by atomic mass is 16.3. The van der Waals surface area contributed by atoms with Crippen LogP contribution in [0.1, 0.15) is 5.56 Å². The molecule has 2 heterocycles. The number of nitrogens with two attached hydrogens (primary N) is 1. The summed E-state index contributed by atoms with van der Waals surface area (Å²) in [7, 11) is 0. The fourth-order valence-corrected chi connectivity index (χ4v) is 1.67. The minimum atomic E-state index is 0.542. The molecule has 0 saturated heterocycles. The van der Waals surface area contributed by atoms with Crippen molar-refractivity contribution < 1.29 is 4.42 Å². The number of hydrogen-bond acceptors (Lipinski definition) is 4. The second kappa shape index (κ2) is 3.59. The van der Waals surface area contributed by atoms with Crippen molar-refractivity contribution >= 4 is 16.9 Å². The molecule has 4 nitrogen and oxygen atoms in total. The Balaban J connectivity index is 2.18. The van der Waals surface area contributed by atoms with E-state index in [0.29, 0.717) is 22.8 Å². The van der Waals surface area contributed by atoms with E-state index in [0.717, 1.165) is 5.56 Å². The standard InChI is InChI=1S/C13H11N3O/c1-8-2-4-9(5-3-8)13-16-12-11(17-13)10(14)6-7-15-12/h2-7H,1H3,(H2,14,15). The van der Waals surface area contributed by atoms with Crippen LogP contribution in [0.3, 0.4) is 0 Å². The van der Waals surface area contributed by atoms with Gasteiger partial charge in [-0.15, -0.1) is 0 Å². The van der Waals surface area contributed by atoms with Gasteiger partial charge in [0.25, 0.3) is 0 Å². The van der Waals surface area contributed by atoms with Crippen LogP contribution < -0.4 is 5.73 Å². The minimum Gasteiger partial charge on any atom is -0.432 e. The summed E-state index contributed by atoms with van der Waals surface area (Å²) in [4.78, 5) is 8.44. The van der Waals surface area contributed by atoms with Crippen molar-refractivity contribution in [2.45, 2.75) is 6.92 Å². The third-order valence-corrected chi connectivity index (χ3v) is 2.62. The third kappa shape index (κ3) is 1.63. The van der Waals surface area contributed by atoms with Crippen molar-refractivity contribution in [3.8, 4) is 11.5 Å². The van der Waals surface area contributed by atoms with E-state index in [9.17, 15) is 0 Å². The van der Waals surface area contributed by atoms with Gasteiger partial charge in [-0.1, -0.05) is 17.7 Å². The number of fused-ring (bicyclic) bond motifs is 1. The number of rotatable bonds is 1. The molecule has 0 atom stereocenters. The lowest BCUT2D eigenvalue weighted by atomic mass is 10.1. The molecule has 2 N–H and O–H groups in total. The van der Waals surface area contributed by atoms with Crippen molar-refractivity contribution in [2.75, 3.05) is 5.73 Å². The van der Waals surface area contributed by atoms with Gasteiger partial charge in [-0.25, -0.2) is 4.98 Å². The molecule has 1 aromatic carbocycles. The van der Waals surface area contributed by atoms with Crippen LogP contribution in [0.2, 0.25) is 0 Å². The SMILES string of the molecule is Cc1ccc(-c2nc3nccc(N)c3o2)cc1. The summed E-state index contributed by atoms with van der Waals surface area (Å²) in [5.74, 6) is 0.547. The first-order valence-corrected chi connectivity index (χ1v) is 5.32. The second-order valence-corrected chi connectivity index (χ2v) is 3.94. The van der Waals surface area contributed by atoms with E-state index in [1.165, 1.54) is 5.56 Å². The van der Waals surface area contributed by atoms with E-state index in [1.54, 1.807) is 12.3 Å². The highest BCUT2D eigenvalue weighted by Crippen LogP contribution is 2.26. The molecule has 0 amide bonds. The van der Waals surface area contributed by atoms with Gasteiger partial charge in [0.1, 0.15) is 0 Å². The van der Waals surface area contributed by atoms with Gasteiger partial charge in [0, 0.05) is 11.8 Å². The summed E-state index contributed by atoms with van der Waals surface area (Å²) < 4.78 is 5.63. The van der Waals surface area contributed by atoms with Gasteiger partial charge in [-0.3, -0.25) is 0 Å². The normalized spacial score (nSPS) is 10.9. The number of aromatic nitrogens is 2. The predicted molar refractivity (Wildman–Crippen MR) is 66.4 cm³/mol. The van der Waals surface area contributed by atoms with Gasteiger partial charge >= 0.3 is 0 Å². The second-order valence-electron chi connectivity index (χ2n) is 3.94. The quantitative estimate of drug-likeness (QED) is 0.691. The molecule has 0 fully saturated rings. The lowest BCUT2D eigenvalue weighted by Crippen LogP contribution is -1.85. The Labute approximate surface area is 98.1 Å². The lowest BCUT2D eigenvalue weighted by Gasteiger charge is -1.95. The molecule has 2 aromatic heterocycles. The molecule has 0 bridgehead atoms. The zero-order valence-electron chi connectivity index (χ0n) is 9.34. The van der Waals surface area contributed by atoms with Crippen molar-refractivity contribution in [3.05, 3.63) is 42.1 Å². The largest absolute Gasteiger partial charge is 0.432 e. The number of nitrogen functional groups attached to an aromatic ring is 1. The Morgan fingerprint density at radius 3 is 2.59 bits per heavy atom. The predicted octanol–water partition coefficient (Wildman–Crippen LogP) is 2.78. The number of oxazole rings is 1. The van der Waals surface area contributed by atoms with Gasteiger partial charge in [-0.05, 0) is 25.1 Å². The van der Waals surface area contributed by atoms with Crippen LogP contribution in [-0.2, 0) is 0 Å². The Hall–Kier alpha value is -2.36. The molecule has 0 aliphatic heterocycles. The van der Waals surface area contributed by atoms with Crippen molar-refractivity contribution in [1.29, 1.82) is 0 Å². The van der Waals surface area contributed by atoms with Crippen LogP contribution in [0.25, 0.3) is 22.7 Å². The van der Waals surface area contributed by atoms with Gasteiger partial charge in [0.15, 0.2) is 5.58 Å². The van der Waals surface area contributed by atoms with Crippen LogP contribution in [0, 0.1) is 6.92 Å². The molecule has 84 valence electrons. The molecule has 17 heavy (non-hydrogen) atoms. The monoisotopic (exact) mass is 225 g/mol. The summed E-state index contributed by atoms with van der Waals surface area (Å²) >= 11 is 0. The van der Waals surface area contributed by atoms with E-state index >= 15 is 0 Å². The Bertz CT molecular complexity index is 671. The molecule has 3 rings (SSSR count). The summed E-state index contributed by atoms with van der Waals surface area (Å²) in [5.41, 5.74) is 9.56. The van der Waals surface area contributed by atoms with Gasteiger partial charge in [0.05, 0.1) is 5.69 Å². The fourth-order valence-electron chi connectivity index (χ4n) is 1.67. The Morgan fingerprint density at radius 2 is 1.88 bits per heavy atom. The van der Waals surface area contributed by atoms with Crippen molar-refractivity contribution in [1.82, 2.24) is 9.97 Å². The number of anilines is 1. The smallest absolute Gasteiger partial charge is 0.228 e.